The quantitative estimate of drug-likeness (QED) is 0.360. The highest BCUT2D eigenvalue weighted by molar-refractivity contribution is 6.48. The number of aromatic nitrogens is 1. The fourth-order valence-electron chi connectivity index (χ4n) is 2.00. The third-order valence-corrected chi connectivity index (χ3v) is 2.38. The van der Waals surface area contributed by atoms with E-state index in [1.807, 2.05) is 0 Å². The Labute approximate surface area is 50.6 Å². The maximum Gasteiger partial charge on any atom is 0.0477 e. The molecule has 0 saturated carbocycles. The van der Waals surface area contributed by atoms with E-state index in [-0.39, 0.29) is 0 Å². The standard InChI is InChI=1S/C8H3N/c1-3-2-5-8-6(3)7(8)4(1)9-5/h1-2,9H. The summed E-state index contributed by atoms with van der Waals surface area (Å²) in [6.07, 6.45) is 0. The van der Waals surface area contributed by atoms with Crippen molar-refractivity contribution in [1.82, 2.24) is 4.98 Å². The van der Waals surface area contributed by atoms with Gasteiger partial charge in [-0.25, -0.2) is 0 Å². The van der Waals surface area contributed by atoms with Gasteiger partial charge in [0.25, 0.3) is 0 Å². The first-order valence-electron chi connectivity index (χ1n) is 3.15. The lowest BCUT2D eigenvalue weighted by Gasteiger charge is -1.79. The number of nitrogens with one attached hydrogen (secondary N) is 1. The monoisotopic (exact) mass is 113 g/mol. The van der Waals surface area contributed by atoms with Gasteiger partial charge in [-0.3, -0.25) is 0 Å². The summed E-state index contributed by atoms with van der Waals surface area (Å²) in [6.45, 7) is 0. The molecule has 0 spiro atoms. The lowest BCUT2D eigenvalue weighted by Crippen LogP contribution is -1.61. The molecule has 0 bridgehead atoms. The maximum absolute atomic E-state index is 3.32. The van der Waals surface area contributed by atoms with Gasteiger partial charge < -0.3 is 4.98 Å². The Morgan fingerprint density at radius 3 is 1.89 bits per heavy atom. The molecule has 0 saturated heterocycles. The molecule has 1 nitrogen and oxygen atoms in total. The predicted octanol–water partition coefficient (Wildman–Crippen LogP) is 2.23. The van der Waals surface area contributed by atoms with E-state index in [1.54, 1.807) is 5.39 Å². The minimum Gasteiger partial charge on any atom is -0.354 e. The molecule has 0 aliphatic carbocycles. The molecule has 1 aromatic heterocycles. The van der Waals surface area contributed by atoms with Gasteiger partial charge in [0.05, 0.1) is 0 Å². The molecule has 4 aromatic rings. The Balaban J connectivity index is 2.99. The molecule has 0 amide bonds. The van der Waals surface area contributed by atoms with Crippen molar-refractivity contribution in [3.63, 3.8) is 0 Å². The summed E-state index contributed by atoms with van der Waals surface area (Å²) in [4.78, 5) is 3.32. The van der Waals surface area contributed by atoms with E-state index < -0.39 is 0 Å². The Kier molecular flexibility index (Phi) is 0.195. The van der Waals surface area contributed by atoms with Crippen molar-refractivity contribution in [3.05, 3.63) is 12.1 Å². The zero-order valence-corrected chi connectivity index (χ0v) is 4.65. The van der Waals surface area contributed by atoms with Gasteiger partial charge in [-0.15, -0.1) is 0 Å². The third kappa shape index (κ3) is 0.143. The largest absolute Gasteiger partial charge is 0.354 e. The molecule has 0 aliphatic rings. The number of pyridine rings is 2. The Morgan fingerprint density at radius 1 is 0.889 bits per heavy atom. The van der Waals surface area contributed by atoms with E-state index in [4.69, 9.17) is 0 Å². The first kappa shape index (κ1) is 3.06. The molecule has 1 N–H and O–H groups in total. The fraction of sp³-hybridized carbons (Fsp3) is 0. The SMILES string of the molecule is c1c2cc3[nH]c1c1c2c31. The van der Waals surface area contributed by atoms with Crippen LogP contribution in [0.4, 0.5) is 0 Å². The second-order valence-electron chi connectivity index (χ2n) is 2.82. The first-order valence-corrected chi connectivity index (χ1v) is 3.15. The van der Waals surface area contributed by atoms with Crippen LogP contribution < -0.4 is 0 Å². The molecular weight excluding hydrogens is 110 g/mol. The minimum atomic E-state index is 1.35. The Hall–Kier alpha value is -1.24. The van der Waals surface area contributed by atoms with E-state index in [0.717, 1.165) is 0 Å². The van der Waals surface area contributed by atoms with Gasteiger partial charge in [-0.1, -0.05) is 0 Å². The highest BCUT2D eigenvalue weighted by Gasteiger charge is 2.25. The smallest absolute Gasteiger partial charge is 0.0477 e. The molecular formula is C8H3N. The lowest BCUT2D eigenvalue weighted by atomic mass is 10.4. The molecule has 3 aromatic carbocycles. The van der Waals surface area contributed by atoms with Crippen LogP contribution in [0.5, 0.6) is 0 Å². The average Bonchev–Trinajstić information content (AvgIpc) is 2.39. The van der Waals surface area contributed by atoms with E-state index in [2.05, 4.69) is 17.1 Å². The summed E-state index contributed by atoms with van der Waals surface area (Å²) in [7, 11) is 0. The molecule has 0 atom stereocenters. The number of hydrogen-bond donors (Lipinski definition) is 1. The molecule has 0 radical (unpaired) electrons. The number of benzene rings is 2. The van der Waals surface area contributed by atoms with Crippen molar-refractivity contribution in [3.8, 4) is 0 Å². The van der Waals surface area contributed by atoms with Gasteiger partial charge in [0.2, 0.25) is 0 Å². The highest BCUT2D eigenvalue weighted by Crippen LogP contribution is 2.52. The molecule has 0 aliphatic heterocycles. The summed E-state index contributed by atoms with van der Waals surface area (Å²) < 4.78 is 0. The summed E-state index contributed by atoms with van der Waals surface area (Å²) in [5.41, 5.74) is 2.71. The van der Waals surface area contributed by atoms with Gasteiger partial charge in [0.1, 0.15) is 0 Å². The van der Waals surface area contributed by atoms with Crippen molar-refractivity contribution >= 4 is 32.6 Å². The molecule has 0 unspecified atom stereocenters. The molecule has 1 heterocycles. The minimum absolute atomic E-state index is 1.35. The predicted molar refractivity (Wildman–Crippen MR) is 38.1 cm³/mol. The van der Waals surface area contributed by atoms with Crippen LogP contribution in [0, 0.1) is 0 Å². The van der Waals surface area contributed by atoms with Gasteiger partial charge in [-0.2, -0.15) is 0 Å². The molecule has 9 heavy (non-hydrogen) atoms. The number of H-pyrrole nitrogens is 1. The van der Waals surface area contributed by atoms with Crippen molar-refractivity contribution in [2.24, 2.45) is 0 Å². The number of rotatable bonds is 0. The van der Waals surface area contributed by atoms with E-state index >= 15 is 0 Å². The van der Waals surface area contributed by atoms with Crippen LogP contribution in [0.15, 0.2) is 12.1 Å². The van der Waals surface area contributed by atoms with Crippen LogP contribution in [-0.2, 0) is 0 Å². The maximum atomic E-state index is 3.32. The van der Waals surface area contributed by atoms with Crippen LogP contribution in [0.2, 0.25) is 0 Å². The van der Waals surface area contributed by atoms with Crippen LogP contribution >= 0.6 is 0 Å². The van der Waals surface area contributed by atoms with E-state index in [9.17, 15) is 0 Å². The Bertz CT molecular complexity index is 413. The van der Waals surface area contributed by atoms with Crippen molar-refractivity contribution in [2.75, 3.05) is 0 Å². The van der Waals surface area contributed by atoms with Crippen molar-refractivity contribution in [2.45, 2.75) is 0 Å². The van der Waals surface area contributed by atoms with Gasteiger partial charge in [-0.05, 0) is 17.5 Å². The van der Waals surface area contributed by atoms with E-state index in [1.165, 1.54) is 27.2 Å². The summed E-state index contributed by atoms with van der Waals surface area (Å²) in [5.74, 6) is 0. The summed E-state index contributed by atoms with van der Waals surface area (Å²) in [5, 5.41) is 6.02. The van der Waals surface area contributed by atoms with E-state index in [0.29, 0.717) is 0 Å². The zero-order valence-electron chi connectivity index (χ0n) is 4.65. The second kappa shape index (κ2) is 0.574. The van der Waals surface area contributed by atoms with Crippen LogP contribution in [0.3, 0.4) is 0 Å². The summed E-state index contributed by atoms with van der Waals surface area (Å²) in [6, 6.07) is 4.45. The van der Waals surface area contributed by atoms with Crippen LogP contribution in [-0.4, -0.2) is 4.98 Å². The number of hydrogen-bond acceptors (Lipinski definition) is 0. The van der Waals surface area contributed by atoms with Crippen LogP contribution in [0.1, 0.15) is 0 Å². The average molecular weight is 113 g/mol. The molecule has 40 valence electrons. The molecule has 1 heteroatoms. The Morgan fingerprint density at radius 2 is 1.56 bits per heavy atom. The first-order chi connectivity index (χ1) is 4.45. The van der Waals surface area contributed by atoms with Crippen molar-refractivity contribution in [1.29, 1.82) is 0 Å². The van der Waals surface area contributed by atoms with Crippen molar-refractivity contribution < 1.29 is 0 Å². The normalized spacial score (nSPS) is 14.7. The lowest BCUT2D eigenvalue weighted by molar-refractivity contribution is 1.56. The highest BCUT2D eigenvalue weighted by atomic mass is 14.7. The number of aromatic amines is 1. The second-order valence-corrected chi connectivity index (χ2v) is 2.82. The summed E-state index contributed by atoms with van der Waals surface area (Å²) >= 11 is 0. The third-order valence-electron chi connectivity index (χ3n) is 2.38. The van der Waals surface area contributed by atoms with Gasteiger partial charge >= 0.3 is 0 Å². The zero-order chi connectivity index (χ0) is 5.59. The topological polar surface area (TPSA) is 15.8 Å². The molecule has 0 fully saturated rings. The van der Waals surface area contributed by atoms with Gasteiger partial charge in [0.15, 0.2) is 0 Å². The fourth-order valence-corrected chi connectivity index (χ4v) is 2.00. The molecule has 4 rings (SSSR count). The van der Waals surface area contributed by atoms with Crippen LogP contribution in [0.25, 0.3) is 32.6 Å². The van der Waals surface area contributed by atoms with Gasteiger partial charge in [0, 0.05) is 27.2 Å².